The van der Waals surface area contributed by atoms with Gasteiger partial charge in [-0.1, -0.05) is 20.8 Å². The van der Waals surface area contributed by atoms with Gasteiger partial charge in [0.15, 0.2) is 0 Å². The number of carbonyl (C=O) groups is 2. The Morgan fingerprint density at radius 3 is 2.32 bits per heavy atom. The molecule has 1 saturated heterocycles. The zero-order valence-electron chi connectivity index (χ0n) is 11.7. The standard InChI is InChI=1S/C15H20N2O2/c1-15(2,3)14(19)16-11-6-8-12(9-7-11)17-10-4-5-13(17)18/h6-9H,4-5,10H2,1-3H3,(H,16,19). The maximum atomic E-state index is 11.9. The third kappa shape index (κ3) is 3.13. The summed E-state index contributed by atoms with van der Waals surface area (Å²) in [6.07, 6.45) is 1.55. The van der Waals surface area contributed by atoms with E-state index in [0.717, 1.165) is 24.3 Å². The molecule has 4 heteroatoms. The molecule has 19 heavy (non-hydrogen) atoms. The molecule has 1 aromatic rings. The van der Waals surface area contributed by atoms with Crippen LogP contribution >= 0.6 is 0 Å². The first-order chi connectivity index (χ1) is 8.88. The van der Waals surface area contributed by atoms with Crippen LogP contribution < -0.4 is 10.2 Å². The molecule has 0 radical (unpaired) electrons. The fraction of sp³-hybridized carbons (Fsp3) is 0.467. The molecule has 4 nitrogen and oxygen atoms in total. The van der Waals surface area contributed by atoms with Crippen molar-refractivity contribution in [3.05, 3.63) is 24.3 Å². The first-order valence-corrected chi connectivity index (χ1v) is 6.60. The molecule has 2 amide bonds. The molecule has 1 aliphatic heterocycles. The molecule has 102 valence electrons. The van der Waals surface area contributed by atoms with E-state index < -0.39 is 5.41 Å². The van der Waals surface area contributed by atoms with Crippen LogP contribution in [0.2, 0.25) is 0 Å². The fourth-order valence-corrected chi connectivity index (χ4v) is 1.96. The number of amides is 2. The van der Waals surface area contributed by atoms with Gasteiger partial charge < -0.3 is 10.2 Å². The number of carbonyl (C=O) groups excluding carboxylic acids is 2. The second kappa shape index (κ2) is 5.03. The summed E-state index contributed by atoms with van der Waals surface area (Å²) in [5, 5.41) is 2.87. The smallest absolute Gasteiger partial charge is 0.229 e. The number of hydrogen-bond donors (Lipinski definition) is 1. The molecule has 1 N–H and O–H groups in total. The second-order valence-corrected chi connectivity index (χ2v) is 5.90. The lowest BCUT2D eigenvalue weighted by molar-refractivity contribution is -0.123. The maximum Gasteiger partial charge on any atom is 0.229 e. The lowest BCUT2D eigenvalue weighted by Crippen LogP contribution is -2.27. The largest absolute Gasteiger partial charge is 0.326 e. The Kier molecular flexibility index (Phi) is 3.60. The summed E-state index contributed by atoms with van der Waals surface area (Å²) in [6.45, 7) is 6.41. The van der Waals surface area contributed by atoms with Crippen LogP contribution in [-0.2, 0) is 9.59 Å². The number of hydrogen-bond acceptors (Lipinski definition) is 2. The summed E-state index contributed by atoms with van der Waals surface area (Å²) in [5.74, 6) is 0.156. The molecule has 2 rings (SSSR count). The minimum absolute atomic E-state index is 0.0162. The van der Waals surface area contributed by atoms with Gasteiger partial charge in [0.25, 0.3) is 0 Å². The highest BCUT2D eigenvalue weighted by Crippen LogP contribution is 2.24. The summed E-state index contributed by atoms with van der Waals surface area (Å²) in [7, 11) is 0. The molecule has 0 atom stereocenters. The lowest BCUT2D eigenvalue weighted by Gasteiger charge is -2.19. The van der Waals surface area contributed by atoms with Gasteiger partial charge in [0.1, 0.15) is 0 Å². The summed E-state index contributed by atoms with van der Waals surface area (Å²) in [4.78, 5) is 25.3. The molecule has 1 aliphatic rings. The zero-order chi connectivity index (χ0) is 14.0. The van der Waals surface area contributed by atoms with E-state index in [4.69, 9.17) is 0 Å². The van der Waals surface area contributed by atoms with E-state index in [1.54, 1.807) is 4.90 Å². The molecule has 1 aromatic carbocycles. The van der Waals surface area contributed by atoms with Gasteiger partial charge in [-0.2, -0.15) is 0 Å². The molecular weight excluding hydrogens is 240 g/mol. The summed E-state index contributed by atoms with van der Waals surface area (Å²) < 4.78 is 0. The number of anilines is 2. The third-order valence-corrected chi connectivity index (χ3v) is 3.19. The number of rotatable bonds is 2. The number of nitrogens with zero attached hydrogens (tertiary/aromatic N) is 1. The van der Waals surface area contributed by atoms with Crippen molar-refractivity contribution in [2.24, 2.45) is 5.41 Å². The van der Waals surface area contributed by atoms with E-state index in [-0.39, 0.29) is 11.8 Å². The van der Waals surface area contributed by atoms with E-state index in [1.165, 1.54) is 0 Å². The van der Waals surface area contributed by atoms with Crippen LogP contribution in [0.15, 0.2) is 24.3 Å². The van der Waals surface area contributed by atoms with Crippen LogP contribution in [-0.4, -0.2) is 18.4 Å². The van der Waals surface area contributed by atoms with E-state index >= 15 is 0 Å². The van der Waals surface area contributed by atoms with Gasteiger partial charge in [0.05, 0.1) is 0 Å². The van der Waals surface area contributed by atoms with Crippen molar-refractivity contribution in [1.29, 1.82) is 0 Å². The predicted molar refractivity (Wildman–Crippen MR) is 76.1 cm³/mol. The highest BCUT2D eigenvalue weighted by Gasteiger charge is 2.23. The molecule has 0 bridgehead atoms. The molecule has 1 heterocycles. The van der Waals surface area contributed by atoms with Crippen molar-refractivity contribution >= 4 is 23.2 Å². The normalized spacial score (nSPS) is 15.7. The van der Waals surface area contributed by atoms with E-state index in [9.17, 15) is 9.59 Å². The highest BCUT2D eigenvalue weighted by atomic mass is 16.2. The Labute approximate surface area is 113 Å². The van der Waals surface area contributed by atoms with Gasteiger partial charge in [-0.15, -0.1) is 0 Å². The van der Waals surface area contributed by atoms with E-state index in [2.05, 4.69) is 5.32 Å². The Morgan fingerprint density at radius 1 is 1.21 bits per heavy atom. The minimum atomic E-state index is -0.413. The van der Waals surface area contributed by atoms with E-state index in [1.807, 2.05) is 45.0 Å². The van der Waals surface area contributed by atoms with Gasteiger partial charge in [0, 0.05) is 29.8 Å². The molecule has 0 aromatic heterocycles. The topological polar surface area (TPSA) is 49.4 Å². The van der Waals surface area contributed by atoms with Gasteiger partial charge in [-0.25, -0.2) is 0 Å². The van der Waals surface area contributed by atoms with Crippen LogP contribution in [0.4, 0.5) is 11.4 Å². The first-order valence-electron chi connectivity index (χ1n) is 6.60. The van der Waals surface area contributed by atoms with Crippen molar-refractivity contribution in [2.75, 3.05) is 16.8 Å². The zero-order valence-corrected chi connectivity index (χ0v) is 11.7. The van der Waals surface area contributed by atoms with Crippen molar-refractivity contribution in [1.82, 2.24) is 0 Å². The van der Waals surface area contributed by atoms with E-state index in [0.29, 0.717) is 6.42 Å². The Bertz CT molecular complexity index is 486. The highest BCUT2D eigenvalue weighted by molar-refractivity contribution is 5.97. The molecule has 1 fully saturated rings. The van der Waals surface area contributed by atoms with Crippen molar-refractivity contribution in [3.8, 4) is 0 Å². The molecule has 0 saturated carbocycles. The Hall–Kier alpha value is -1.84. The third-order valence-electron chi connectivity index (χ3n) is 3.19. The summed E-state index contributed by atoms with van der Waals surface area (Å²) >= 11 is 0. The molecule has 0 spiro atoms. The Balaban J connectivity index is 2.07. The van der Waals surface area contributed by atoms with Gasteiger partial charge in [-0.05, 0) is 30.7 Å². The fourth-order valence-electron chi connectivity index (χ4n) is 1.96. The van der Waals surface area contributed by atoms with Gasteiger partial charge in [0.2, 0.25) is 11.8 Å². The van der Waals surface area contributed by atoms with Crippen LogP contribution in [0.25, 0.3) is 0 Å². The van der Waals surface area contributed by atoms with Gasteiger partial charge in [-0.3, -0.25) is 9.59 Å². The Morgan fingerprint density at radius 2 is 1.84 bits per heavy atom. The monoisotopic (exact) mass is 260 g/mol. The molecular formula is C15H20N2O2. The maximum absolute atomic E-state index is 11.9. The number of nitrogens with one attached hydrogen (secondary N) is 1. The molecule has 0 unspecified atom stereocenters. The minimum Gasteiger partial charge on any atom is -0.326 e. The number of benzene rings is 1. The van der Waals surface area contributed by atoms with Crippen LogP contribution in [0, 0.1) is 5.41 Å². The first kappa shape index (κ1) is 13.6. The SMILES string of the molecule is CC(C)(C)C(=O)Nc1ccc(N2CCCC2=O)cc1. The predicted octanol–water partition coefficient (Wildman–Crippen LogP) is 2.80. The lowest BCUT2D eigenvalue weighted by atomic mass is 9.95. The molecule has 0 aliphatic carbocycles. The van der Waals surface area contributed by atoms with Crippen molar-refractivity contribution in [3.63, 3.8) is 0 Å². The van der Waals surface area contributed by atoms with Crippen molar-refractivity contribution < 1.29 is 9.59 Å². The van der Waals surface area contributed by atoms with Gasteiger partial charge >= 0.3 is 0 Å². The second-order valence-electron chi connectivity index (χ2n) is 5.90. The van der Waals surface area contributed by atoms with Crippen LogP contribution in [0.3, 0.4) is 0 Å². The average Bonchev–Trinajstić information content (AvgIpc) is 2.75. The van der Waals surface area contributed by atoms with Crippen molar-refractivity contribution in [2.45, 2.75) is 33.6 Å². The summed E-state index contributed by atoms with van der Waals surface area (Å²) in [6, 6.07) is 7.43. The van der Waals surface area contributed by atoms with Crippen LogP contribution in [0.1, 0.15) is 33.6 Å². The summed E-state index contributed by atoms with van der Waals surface area (Å²) in [5.41, 5.74) is 1.25. The average molecular weight is 260 g/mol. The quantitative estimate of drug-likeness (QED) is 0.889. The van der Waals surface area contributed by atoms with Crippen LogP contribution in [0.5, 0.6) is 0 Å².